The molecular weight excluding hydrogens is 143 g/mol. The maximum absolute atomic E-state index is 12.7. The molecule has 58 valence electrons. The van der Waals surface area contributed by atoms with Crippen LogP contribution in [-0.4, -0.2) is 0 Å². The average molecular weight is 152 g/mol. The number of hydrogen-bond acceptors (Lipinski definition) is 2. The Morgan fingerprint density at radius 3 is 2.64 bits per heavy atom. The van der Waals surface area contributed by atoms with Crippen LogP contribution in [0.5, 0.6) is 0 Å². The zero-order valence-corrected chi connectivity index (χ0v) is 5.92. The molecule has 1 aromatic carbocycles. The lowest BCUT2D eigenvalue weighted by Gasteiger charge is -1.96. The fourth-order valence-electron chi connectivity index (χ4n) is 0.758. The maximum atomic E-state index is 12.7. The summed E-state index contributed by atoms with van der Waals surface area (Å²) in [4.78, 5) is 0. The van der Waals surface area contributed by atoms with Gasteiger partial charge in [0, 0.05) is 0 Å². The Bertz CT molecular complexity index is 281. The molecule has 0 heterocycles. The zero-order valence-electron chi connectivity index (χ0n) is 5.92. The van der Waals surface area contributed by atoms with E-state index in [-0.39, 0.29) is 5.69 Å². The fourth-order valence-corrected chi connectivity index (χ4v) is 0.758. The largest absolute Gasteiger partial charge is 0.405 e. The molecule has 0 aliphatic rings. The van der Waals surface area contributed by atoms with Gasteiger partial charge in [0.25, 0.3) is 0 Å². The number of nitrogen functional groups attached to an aromatic ring is 1. The molecule has 0 aliphatic heterocycles. The summed E-state index contributed by atoms with van der Waals surface area (Å²) in [6, 6.07) is 4.53. The van der Waals surface area contributed by atoms with E-state index in [9.17, 15) is 4.39 Å². The van der Waals surface area contributed by atoms with Crippen molar-refractivity contribution in [3.63, 3.8) is 0 Å². The van der Waals surface area contributed by atoms with Crippen LogP contribution in [0.4, 0.5) is 10.1 Å². The molecule has 0 bridgehead atoms. The second kappa shape index (κ2) is 3.05. The van der Waals surface area contributed by atoms with Gasteiger partial charge in [-0.15, -0.1) is 0 Å². The molecule has 0 amide bonds. The van der Waals surface area contributed by atoms with E-state index >= 15 is 0 Å². The maximum Gasteiger partial charge on any atom is 0.146 e. The number of halogens is 1. The molecule has 0 radical (unpaired) electrons. The second-order valence-corrected chi connectivity index (χ2v) is 2.14. The van der Waals surface area contributed by atoms with Crippen LogP contribution < -0.4 is 11.5 Å². The molecule has 1 rings (SSSR count). The Balaban J connectivity index is 3.05. The molecule has 0 aliphatic carbocycles. The summed E-state index contributed by atoms with van der Waals surface area (Å²) in [5, 5.41) is 0. The summed E-state index contributed by atoms with van der Waals surface area (Å²) in [7, 11) is 0. The van der Waals surface area contributed by atoms with Gasteiger partial charge in [0.1, 0.15) is 5.82 Å². The Kier molecular flexibility index (Phi) is 2.11. The number of hydrogen-bond donors (Lipinski definition) is 2. The summed E-state index contributed by atoms with van der Waals surface area (Å²) in [6.45, 7) is 0. The number of rotatable bonds is 1. The third kappa shape index (κ3) is 1.70. The van der Waals surface area contributed by atoms with Crippen LogP contribution in [0.2, 0.25) is 0 Å². The van der Waals surface area contributed by atoms with Crippen molar-refractivity contribution in [3.8, 4) is 0 Å². The van der Waals surface area contributed by atoms with Crippen molar-refractivity contribution in [2.45, 2.75) is 0 Å². The van der Waals surface area contributed by atoms with Crippen LogP contribution in [0.25, 0.3) is 6.08 Å². The monoisotopic (exact) mass is 152 g/mol. The van der Waals surface area contributed by atoms with Gasteiger partial charge in [0.2, 0.25) is 0 Å². The molecule has 0 aromatic heterocycles. The van der Waals surface area contributed by atoms with E-state index < -0.39 is 5.82 Å². The molecule has 3 heteroatoms. The van der Waals surface area contributed by atoms with Gasteiger partial charge in [-0.2, -0.15) is 0 Å². The standard InChI is InChI=1S/C8H9FN2/c9-7-5-6(3-4-10)1-2-8(7)11/h1-5H,10-11H2/b4-3+. The molecule has 4 N–H and O–H groups in total. The van der Waals surface area contributed by atoms with Gasteiger partial charge in [-0.3, -0.25) is 0 Å². The fraction of sp³-hybridized carbons (Fsp3) is 0. The molecule has 11 heavy (non-hydrogen) atoms. The average Bonchev–Trinajstić information content (AvgIpc) is 1.98. The minimum absolute atomic E-state index is 0.152. The van der Waals surface area contributed by atoms with Crippen molar-refractivity contribution in [2.75, 3.05) is 5.73 Å². The molecule has 0 spiro atoms. The van der Waals surface area contributed by atoms with Crippen molar-refractivity contribution in [1.29, 1.82) is 0 Å². The first-order chi connectivity index (χ1) is 5.24. The summed E-state index contributed by atoms with van der Waals surface area (Å²) in [5.41, 5.74) is 11.2. The number of nitrogens with two attached hydrogens (primary N) is 2. The van der Waals surface area contributed by atoms with E-state index in [0.717, 1.165) is 0 Å². The van der Waals surface area contributed by atoms with Gasteiger partial charge in [-0.25, -0.2) is 4.39 Å². The van der Waals surface area contributed by atoms with E-state index in [1.807, 2.05) is 0 Å². The summed E-state index contributed by atoms with van der Waals surface area (Å²) >= 11 is 0. The minimum atomic E-state index is -0.416. The van der Waals surface area contributed by atoms with Crippen LogP contribution in [0.3, 0.4) is 0 Å². The molecule has 0 fully saturated rings. The highest BCUT2D eigenvalue weighted by atomic mass is 19.1. The van der Waals surface area contributed by atoms with E-state index in [1.54, 1.807) is 12.1 Å². The Hall–Kier alpha value is -1.51. The third-order valence-electron chi connectivity index (χ3n) is 1.31. The van der Waals surface area contributed by atoms with Crippen molar-refractivity contribution >= 4 is 11.8 Å². The van der Waals surface area contributed by atoms with Crippen molar-refractivity contribution in [1.82, 2.24) is 0 Å². The quantitative estimate of drug-likeness (QED) is 0.596. The van der Waals surface area contributed by atoms with Gasteiger partial charge in [0.15, 0.2) is 0 Å². The van der Waals surface area contributed by atoms with Crippen molar-refractivity contribution < 1.29 is 4.39 Å². The first kappa shape index (κ1) is 7.60. The van der Waals surface area contributed by atoms with Gasteiger partial charge < -0.3 is 11.5 Å². The lowest BCUT2D eigenvalue weighted by molar-refractivity contribution is 0.632. The number of benzene rings is 1. The topological polar surface area (TPSA) is 52.0 Å². The first-order valence-corrected chi connectivity index (χ1v) is 3.17. The molecule has 0 atom stereocenters. The summed E-state index contributed by atoms with van der Waals surface area (Å²) in [5.74, 6) is -0.416. The lowest BCUT2D eigenvalue weighted by atomic mass is 10.2. The highest BCUT2D eigenvalue weighted by molar-refractivity contribution is 5.53. The molecule has 2 nitrogen and oxygen atoms in total. The summed E-state index contributed by atoms with van der Waals surface area (Å²) in [6.07, 6.45) is 2.95. The normalized spacial score (nSPS) is 10.6. The van der Waals surface area contributed by atoms with Crippen LogP contribution in [0.15, 0.2) is 24.4 Å². The molecule has 0 unspecified atom stereocenters. The predicted molar refractivity (Wildman–Crippen MR) is 44.0 cm³/mol. The SMILES string of the molecule is N/C=C/c1ccc(N)c(F)c1. The smallest absolute Gasteiger partial charge is 0.146 e. The molecule has 0 saturated carbocycles. The van der Waals surface area contributed by atoms with Gasteiger partial charge in [0.05, 0.1) is 5.69 Å². The lowest BCUT2D eigenvalue weighted by Crippen LogP contribution is -1.90. The minimum Gasteiger partial charge on any atom is -0.405 e. The Labute approximate surface area is 64.3 Å². The molecule has 1 aromatic rings. The summed E-state index contributed by atoms with van der Waals surface area (Å²) < 4.78 is 12.7. The molecule has 0 saturated heterocycles. The van der Waals surface area contributed by atoms with Gasteiger partial charge in [-0.1, -0.05) is 6.07 Å². The van der Waals surface area contributed by atoms with E-state index in [1.165, 1.54) is 18.3 Å². The van der Waals surface area contributed by atoms with E-state index in [4.69, 9.17) is 11.5 Å². The predicted octanol–water partition coefficient (Wildman–Crippen LogP) is 1.34. The van der Waals surface area contributed by atoms with Crippen molar-refractivity contribution in [3.05, 3.63) is 35.8 Å². The van der Waals surface area contributed by atoms with Crippen LogP contribution in [0, 0.1) is 5.82 Å². The van der Waals surface area contributed by atoms with Gasteiger partial charge >= 0.3 is 0 Å². The van der Waals surface area contributed by atoms with E-state index in [0.29, 0.717) is 5.56 Å². The Morgan fingerprint density at radius 2 is 2.09 bits per heavy atom. The van der Waals surface area contributed by atoms with Crippen LogP contribution in [0.1, 0.15) is 5.56 Å². The first-order valence-electron chi connectivity index (χ1n) is 3.17. The van der Waals surface area contributed by atoms with E-state index in [2.05, 4.69) is 0 Å². The second-order valence-electron chi connectivity index (χ2n) is 2.14. The number of anilines is 1. The highest BCUT2D eigenvalue weighted by Crippen LogP contribution is 2.12. The highest BCUT2D eigenvalue weighted by Gasteiger charge is 1.95. The Morgan fingerprint density at radius 1 is 1.36 bits per heavy atom. The third-order valence-corrected chi connectivity index (χ3v) is 1.31. The van der Waals surface area contributed by atoms with Gasteiger partial charge in [-0.05, 0) is 30.0 Å². The zero-order chi connectivity index (χ0) is 8.27. The van der Waals surface area contributed by atoms with Crippen LogP contribution >= 0.6 is 0 Å². The van der Waals surface area contributed by atoms with Crippen LogP contribution in [-0.2, 0) is 0 Å². The molecular formula is C8H9FN2. The van der Waals surface area contributed by atoms with Crippen molar-refractivity contribution in [2.24, 2.45) is 5.73 Å².